The first-order valence-corrected chi connectivity index (χ1v) is 3.77. The fourth-order valence-corrected chi connectivity index (χ4v) is 1.06. The first-order valence-electron chi connectivity index (χ1n) is 3.77. The van der Waals surface area contributed by atoms with Crippen LogP contribution in [0, 0.1) is 18.3 Å². The largest absolute Gasteiger partial charge is 0.374 e. The molecule has 2 N–H and O–H groups in total. The van der Waals surface area contributed by atoms with Gasteiger partial charge < -0.3 is 5.73 Å². The van der Waals surface area contributed by atoms with Crippen molar-refractivity contribution in [2.75, 3.05) is 0 Å². The van der Waals surface area contributed by atoms with E-state index in [1.54, 1.807) is 24.3 Å². The van der Waals surface area contributed by atoms with E-state index >= 15 is 0 Å². The minimum atomic E-state index is -0.937. The van der Waals surface area contributed by atoms with Gasteiger partial charge in [-0.05, 0) is 12.5 Å². The molecule has 1 aromatic carbocycles. The average Bonchev–Trinajstić information content (AvgIpc) is 2.04. The second-order valence-electron chi connectivity index (χ2n) is 2.70. The molecule has 0 atom stereocenters. The summed E-state index contributed by atoms with van der Waals surface area (Å²) in [6, 6.07) is 8.71. The summed E-state index contributed by atoms with van der Waals surface area (Å²) < 4.78 is 12.6. The Morgan fingerprint density at radius 3 is 2.69 bits per heavy atom. The van der Waals surface area contributed by atoms with Gasteiger partial charge >= 0.3 is 0 Å². The molecule has 2 nitrogen and oxygen atoms in total. The lowest BCUT2D eigenvalue weighted by Crippen LogP contribution is -1.95. The Morgan fingerprint density at radius 2 is 2.23 bits per heavy atom. The van der Waals surface area contributed by atoms with Crippen LogP contribution in [0.25, 0.3) is 5.57 Å². The average molecular weight is 176 g/mol. The van der Waals surface area contributed by atoms with Gasteiger partial charge in [-0.25, -0.2) is 0 Å². The number of hydrogen-bond donors (Lipinski definition) is 1. The van der Waals surface area contributed by atoms with Gasteiger partial charge in [0, 0.05) is 0 Å². The number of hydrogen-bond acceptors (Lipinski definition) is 2. The Kier molecular flexibility index (Phi) is 2.65. The molecular formula is C10H9FN2. The monoisotopic (exact) mass is 176 g/mol. The summed E-state index contributed by atoms with van der Waals surface area (Å²) in [5.74, 6) is -0.937. The molecular weight excluding hydrogens is 167 g/mol. The standard InChI is InChI=1S/C10H9FN2/c1-7-3-2-4-8(5-7)9(6-12)10(11)13/h2-5H,13H2,1H3. The number of benzene rings is 1. The lowest BCUT2D eigenvalue weighted by Gasteiger charge is -1.99. The molecule has 1 aromatic rings. The lowest BCUT2D eigenvalue weighted by atomic mass is 10.1. The maximum absolute atomic E-state index is 12.6. The summed E-state index contributed by atoms with van der Waals surface area (Å²) in [4.78, 5) is 0. The van der Waals surface area contributed by atoms with E-state index in [1.807, 2.05) is 13.0 Å². The van der Waals surface area contributed by atoms with Crippen LogP contribution in [0.15, 0.2) is 30.2 Å². The lowest BCUT2D eigenvalue weighted by molar-refractivity contribution is 0.632. The van der Waals surface area contributed by atoms with Crippen molar-refractivity contribution in [3.05, 3.63) is 41.3 Å². The summed E-state index contributed by atoms with van der Waals surface area (Å²) in [5.41, 5.74) is 6.29. The molecule has 0 unspecified atom stereocenters. The maximum atomic E-state index is 12.6. The second kappa shape index (κ2) is 3.72. The van der Waals surface area contributed by atoms with Crippen LogP contribution in [0.1, 0.15) is 11.1 Å². The third-order valence-corrected chi connectivity index (χ3v) is 1.66. The van der Waals surface area contributed by atoms with Crippen molar-refractivity contribution in [2.45, 2.75) is 6.92 Å². The molecule has 0 aliphatic rings. The van der Waals surface area contributed by atoms with Crippen LogP contribution in [0.2, 0.25) is 0 Å². The molecule has 0 amide bonds. The quantitative estimate of drug-likeness (QED) is 0.526. The van der Waals surface area contributed by atoms with Crippen molar-refractivity contribution in [1.82, 2.24) is 0 Å². The van der Waals surface area contributed by atoms with E-state index in [0.717, 1.165) is 5.56 Å². The van der Waals surface area contributed by atoms with Crippen molar-refractivity contribution in [3.63, 3.8) is 0 Å². The van der Waals surface area contributed by atoms with Crippen molar-refractivity contribution in [2.24, 2.45) is 5.73 Å². The molecule has 0 heterocycles. The third kappa shape index (κ3) is 2.06. The molecule has 0 aliphatic carbocycles. The molecule has 3 heteroatoms. The zero-order valence-electron chi connectivity index (χ0n) is 7.21. The highest BCUT2D eigenvalue weighted by molar-refractivity contribution is 5.77. The van der Waals surface area contributed by atoms with Gasteiger partial charge in [-0.15, -0.1) is 0 Å². The van der Waals surface area contributed by atoms with Gasteiger partial charge in [0.25, 0.3) is 0 Å². The molecule has 0 aromatic heterocycles. The van der Waals surface area contributed by atoms with Crippen molar-refractivity contribution >= 4 is 5.57 Å². The topological polar surface area (TPSA) is 49.8 Å². The van der Waals surface area contributed by atoms with Crippen LogP contribution in [-0.2, 0) is 0 Å². The van der Waals surface area contributed by atoms with Crippen LogP contribution in [-0.4, -0.2) is 0 Å². The molecule has 0 radical (unpaired) electrons. The summed E-state index contributed by atoms with van der Waals surface area (Å²) >= 11 is 0. The number of allylic oxidation sites excluding steroid dienone is 1. The third-order valence-electron chi connectivity index (χ3n) is 1.66. The number of aryl methyl sites for hydroxylation is 1. The molecule has 66 valence electrons. The molecule has 0 saturated carbocycles. The summed E-state index contributed by atoms with van der Waals surface area (Å²) in [6.45, 7) is 1.87. The minimum absolute atomic E-state index is 0.108. The van der Waals surface area contributed by atoms with E-state index < -0.39 is 5.95 Å². The van der Waals surface area contributed by atoms with Crippen LogP contribution >= 0.6 is 0 Å². The van der Waals surface area contributed by atoms with Crippen molar-refractivity contribution < 1.29 is 4.39 Å². The van der Waals surface area contributed by atoms with E-state index in [9.17, 15) is 4.39 Å². The van der Waals surface area contributed by atoms with Crippen molar-refractivity contribution in [1.29, 1.82) is 5.26 Å². The molecule has 0 fully saturated rings. The van der Waals surface area contributed by atoms with E-state index in [1.165, 1.54) is 0 Å². The first-order chi connectivity index (χ1) is 6.15. The number of nitrogens with two attached hydrogens (primary N) is 1. The van der Waals surface area contributed by atoms with Gasteiger partial charge in [-0.2, -0.15) is 9.65 Å². The van der Waals surface area contributed by atoms with E-state index in [4.69, 9.17) is 11.0 Å². The van der Waals surface area contributed by atoms with Gasteiger partial charge in [0.05, 0.1) is 0 Å². The van der Waals surface area contributed by atoms with Crippen LogP contribution in [0.4, 0.5) is 4.39 Å². The Labute approximate surface area is 76.1 Å². The van der Waals surface area contributed by atoms with E-state index in [0.29, 0.717) is 5.56 Å². The van der Waals surface area contributed by atoms with Gasteiger partial charge in [0.15, 0.2) is 0 Å². The SMILES string of the molecule is Cc1cccc(C(C#N)=C(N)F)c1. The van der Waals surface area contributed by atoms with E-state index in [-0.39, 0.29) is 5.57 Å². The second-order valence-corrected chi connectivity index (χ2v) is 2.70. The molecule has 1 rings (SSSR count). The number of nitrogens with zero attached hydrogens (tertiary/aromatic N) is 1. The maximum Gasteiger partial charge on any atom is 0.203 e. The fourth-order valence-electron chi connectivity index (χ4n) is 1.06. The first kappa shape index (κ1) is 9.27. The highest BCUT2D eigenvalue weighted by atomic mass is 19.1. The molecule has 0 aliphatic heterocycles. The fraction of sp³-hybridized carbons (Fsp3) is 0.100. The van der Waals surface area contributed by atoms with Crippen LogP contribution in [0.3, 0.4) is 0 Å². The Morgan fingerprint density at radius 1 is 1.54 bits per heavy atom. The van der Waals surface area contributed by atoms with Gasteiger partial charge in [0.1, 0.15) is 11.6 Å². The minimum Gasteiger partial charge on any atom is -0.374 e. The smallest absolute Gasteiger partial charge is 0.203 e. The normalized spacial score (nSPS) is 11.8. The Balaban J connectivity index is 3.24. The summed E-state index contributed by atoms with van der Waals surface area (Å²) in [7, 11) is 0. The summed E-state index contributed by atoms with van der Waals surface area (Å²) in [6.07, 6.45) is 0. The molecule has 0 bridgehead atoms. The van der Waals surface area contributed by atoms with Gasteiger partial charge in [-0.3, -0.25) is 0 Å². The van der Waals surface area contributed by atoms with Crippen LogP contribution < -0.4 is 5.73 Å². The predicted molar refractivity (Wildman–Crippen MR) is 49.0 cm³/mol. The number of halogens is 1. The zero-order chi connectivity index (χ0) is 9.84. The zero-order valence-corrected chi connectivity index (χ0v) is 7.21. The Hall–Kier alpha value is -1.82. The number of rotatable bonds is 1. The predicted octanol–water partition coefficient (Wildman–Crippen LogP) is 2.12. The van der Waals surface area contributed by atoms with Crippen LogP contribution in [0.5, 0.6) is 0 Å². The summed E-state index contributed by atoms with van der Waals surface area (Å²) in [5, 5.41) is 8.61. The highest BCUT2D eigenvalue weighted by Gasteiger charge is 2.05. The molecule has 0 spiro atoms. The number of nitriles is 1. The van der Waals surface area contributed by atoms with Crippen molar-refractivity contribution in [3.8, 4) is 6.07 Å². The molecule has 0 saturated heterocycles. The van der Waals surface area contributed by atoms with Gasteiger partial charge in [-0.1, -0.05) is 29.8 Å². The van der Waals surface area contributed by atoms with Gasteiger partial charge in [0.2, 0.25) is 5.95 Å². The van der Waals surface area contributed by atoms with E-state index in [2.05, 4.69) is 0 Å². The highest BCUT2D eigenvalue weighted by Crippen LogP contribution is 2.17. The Bertz CT molecular complexity index is 384. The molecule has 13 heavy (non-hydrogen) atoms.